The number of imidazole rings is 1. The van der Waals surface area contributed by atoms with Gasteiger partial charge in [0.15, 0.2) is 11.6 Å². The summed E-state index contributed by atoms with van der Waals surface area (Å²) in [6, 6.07) is 8.63. The first-order valence-corrected chi connectivity index (χ1v) is 14.9. The molecule has 7 nitrogen and oxygen atoms in total. The van der Waals surface area contributed by atoms with Crippen LogP contribution in [-0.4, -0.2) is 54.1 Å². The number of aliphatic imine (C=N–C) groups is 1. The summed E-state index contributed by atoms with van der Waals surface area (Å²) >= 11 is 1.34. The predicted octanol–water partition coefficient (Wildman–Crippen LogP) is 7.01. The van der Waals surface area contributed by atoms with Gasteiger partial charge in [-0.3, -0.25) is 4.99 Å². The second-order valence-corrected chi connectivity index (χ2v) is 11.6. The highest BCUT2D eigenvalue weighted by molar-refractivity contribution is 8.45. The lowest BCUT2D eigenvalue weighted by molar-refractivity contribution is 0.232. The van der Waals surface area contributed by atoms with Crippen LogP contribution in [0.5, 0.6) is 0 Å². The van der Waals surface area contributed by atoms with Gasteiger partial charge in [0.2, 0.25) is 0 Å². The number of nitrogens with zero attached hydrogens (tertiary/aromatic N) is 4. The average molecular weight is 587 g/mol. The van der Waals surface area contributed by atoms with Crippen LogP contribution in [0.25, 0.3) is 11.8 Å². The summed E-state index contributed by atoms with van der Waals surface area (Å²) in [6.45, 7) is 3.44. The van der Waals surface area contributed by atoms with E-state index in [2.05, 4.69) is 25.0 Å². The monoisotopic (exact) mass is 586 g/mol. The van der Waals surface area contributed by atoms with Crippen molar-refractivity contribution in [3.63, 3.8) is 0 Å². The Hall–Kier alpha value is -3.52. The Labute approximate surface area is 227 Å². The van der Waals surface area contributed by atoms with E-state index < -0.39 is 15.1 Å². The Bertz CT molecular complexity index is 1420. The van der Waals surface area contributed by atoms with Gasteiger partial charge in [-0.1, -0.05) is 25.5 Å². The molecule has 14 heteroatoms. The Balaban J connectivity index is 1.44. The van der Waals surface area contributed by atoms with Crippen LogP contribution in [0, 0.1) is 6.92 Å². The van der Waals surface area contributed by atoms with Crippen molar-refractivity contribution in [3.05, 3.63) is 77.6 Å². The quantitative estimate of drug-likeness (QED) is 0.122. The van der Waals surface area contributed by atoms with Gasteiger partial charge in [-0.2, -0.15) is 0 Å². The Kier molecular flexibility index (Phi) is 7.72. The van der Waals surface area contributed by atoms with Crippen LogP contribution in [0.15, 0.2) is 75.0 Å². The van der Waals surface area contributed by atoms with Crippen molar-refractivity contribution in [1.29, 1.82) is 0 Å². The summed E-state index contributed by atoms with van der Waals surface area (Å²) in [5.41, 5.74) is 3.84. The van der Waals surface area contributed by atoms with Crippen LogP contribution in [0.4, 0.5) is 25.1 Å². The fraction of sp³-hybridized carbons (Fsp3) is 0.240. The minimum Gasteiger partial charge on any atom is -0.488 e. The fourth-order valence-electron chi connectivity index (χ4n) is 3.71. The summed E-state index contributed by atoms with van der Waals surface area (Å²) in [7, 11) is -9.69. The SMILES string of the molecule is CS/N=C\c1cc(-n2cnc(C)c2)ccc1/C=C1\OCCN=C1NCCNc1ccc(S(F)(F)(F)(F)F)cc1. The molecule has 1 aromatic heterocycles. The maximum Gasteiger partial charge on any atom is 0.310 e. The van der Waals surface area contributed by atoms with Gasteiger partial charge in [0.05, 0.1) is 18.6 Å². The third-order valence-electron chi connectivity index (χ3n) is 5.56. The van der Waals surface area contributed by atoms with E-state index in [-0.39, 0.29) is 5.69 Å². The van der Waals surface area contributed by atoms with Crippen molar-refractivity contribution in [2.45, 2.75) is 11.8 Å². The van der Waals surface area contributed by atoms with Gasteiger partial charge < -0.3 is 19.9 Å². The van der Waals surface area contributed by atoms with Crippen LogP contribution in [-0.2, 0) is 4.74 Å². The first-order chi connectivity index (χ1) is 18.3. The molecule has 0 saturated heterocycles. The van der Waals surface area contributed by atoms with Gasteiger partial charge in [-0.15, -0.1) is 0 Å². The van der Waals surface area contributed by atoms with Crippen molar-refractivity contribution in [1.82, 2.24) is 14.9 Å². The molecule has 0 saturated carbocycles. The number of nitrogens with one attached hydrogen (secondary N) is 2. The smallest absolute Gasteiger partial charge is 0.310 e. The number of amidine groups is 1. The summed E-state index contributed by atoms with van der Waals surface area (Å²) in [6.07, 6.45) is 9.17. The van der Waals surface area contributed by atoms with Gasteiger partial charge in [0.1, 0.15) is 11.5 Å². The topological polar surface area (TPSA) is 75.8 Å². The van der Waals surface area contributed by atoms with Crippen molar-refractivity contribution in [2.24, 2.45) is 9.39 Å². The van der Waals surface area contributed by atoms with E-state index in [0.29, 0.717) is 50.0 Å². The minimum absolute atomic E-state index is 0.283. The Morgan fingerprint density at radius 2 is 1.79 bits per heavy atom. The molecule has 3 aromatic rings. The number of hydrogen-bond donors (Lipinski definition) is 2. The summed E-state index contributed by atoms with van der Waals surface area (Å²) in [4.78, 5) is 6.85. The molecule has 0 bridgehead atoms. The normalized spacial score (nSPS) is 16.9. The number of hydrogen-bond acceptors (Lipinski definition) is 7. The molecule has 2 aromatic carbocycles. The number of halogens is 5. The maximum atomic E-state index is 12.9. The van der Waals surface area contributed by atoms with Gasteiger partial charge in [0, 0.05) is 48.7 Å². The number of rotatable bonds is 9. The highest BCUT2D eigenvalue weighted by Gasteiger charge is 2.65. The largest absolute Gasteiger partial charge is 0.488 e. The molecular weight excluding hydrogens is 559 g/mol. The van der Waals surface area contributed by atoms with Gasteiger partial charge in [-0.05, 0) is 66.9 Å². The zero-order chi connectivity index (χ0) is 28.2. The van der Waals surface area contributed by atoms with Crippen LogP contribution < -0.4 is 10.6 Å². The highest BCUT2D eigenvalue weighted by atomic mass is 32.5. The van der Waals surface area contributed by atoms with Crippen LogP contribution in [0.1, 0.15) is 16.8 Å². The average Bonchev–Trinajstić information content (AvgIpc) is 3.32. The lowest BCUT2D eigenvalue weighted by Gasteiger charge is -2.40. The third kappa shape index (κ3) is 7.76. The van der Waals surface area contributed by atoms with E-state index in [1.165, 1.54) is 11.9 Å². The molecule has 0 spiro atoms. The molecule has 39 heavy (non-hydrogen) atoms. The molecule has 0 aliphatic carbocycles. The van der Waals surface area contributed by atoms with Crippen molar-refractivity contribution in [3.8, 4) is 5.69 Å². The summed E-state index contributed by atoms with van der Waals surface area (Å²) < 4.78 is 76.6. The Morgan fingerprint density at radius 1 is 1.05 bits per heavy atom. The predicted molar refractivity (Wildman–Crippen MR) is 150 cm³/mol. The fourth-order valence-corrected chi connectivity index (χ4v) is 4.58. The van der Waals surface area contributed by atoms with Gasteiger partial charge >= 0.3 is 10.2 Å². The van der Waals surface area contributed by atoms with E-state index in [0.717, 1.165) is 34.6 Å². The second kappa shape index (κ2) is 10.6. The van der Waals surface area contributed by atoms with Crippen LogP contribution >= 0.6 is 22.2 Å². The van der Waals surface area contributed by atoms with Crippen LogP contribution in [0.3, 0.4) is 0 Å². The first kappa shape index (κ1) is 28.5. The summed E-state index contributed by atoms with van der Waals surface area (Å²) in [5.74, 6) is 1.06. The van der Waals surface area contributed by atoms with Crippen molar-refractivity contribution >= 4 is 46.0 Å². The van der Waals surface area contributed by atoms with Gasteiger partial charge in [-0.25, -0.2) is 9.38 Å². The molecule has 1 aliphatic rings. The van der Waals surface area contributed by atoms with E-state index in [1.54, 1.807) is 12.5 Å². The Morgan fingerprint density at radius 3 is 2.46 bits per heavy atom. The zero-order valence-electron chi connectivity index (χ0n) is 21.1. The van der Waals surface area contributed by atoms with Crippen LogP contribution in [0.2, 0.25) is 0 Å². The lowest BCUT2D eigenvalue weighted by atomic mass is 10.1. The zero-order valence-corrected chi connectivity index (χ0v) is 22.7. The number of anilines is 1. The number of benzene rings is 2. The van der Waals surface area contributed by atoms with E-state index in [9.17, 15) is 19.4 Å². The molecule has 4 rings (SSSR count). The number of aromatic nitrogens is 2. The molecule has 2 heterocycles. The van der Waals surface area contributed by atoms with E-state index in [4.69, 9.17) is 4.74 Å². The molecule has 0 fully saturated rings. The molecular formula is C25H27F5N6OS2. The highest BCUT2D eigenvalue weighted by Crippen LogP contribution is 3.02. The van der Waals surface area contributed by atoms with Crippen molar-refractivity contribution < 1.29 is 24.2 Å². The molecule has 1 aliphatic heterocycles. The minimum atomic E-state index is -9.69. The molecule has 0 radical (unpaired) electrons. The molecule has 0 atom stereocenters. The molecule has 0 unspecified atom stereocenters. The van der Waals surface area contributed by atoms with Gasteiger partial charge in [0.25, 0.3) is 0 Å². The van der Waals surface area contributed by atoms with E-state index >= 15 is 0 Å². The maximum absolute atomic E-state index is 12.9. The lowest BCUT2D eigenvalue weighted by Crippen LogP contribution is -2.33. The molecule has 0 amide bonds. The first-order valence-electron chi connectivity index (χ1n) is 11.8. The molecule has 2 N–H and O–H groups in total. The molecule has 210 valence electrons. The number of aryl methyl sites for hydroxylation is 1. The van der Waals surface area contributed by atoms with Crippen molar-refractivity contribution in [2.75, 3.05) is 37.8 Å². The van der Waals surface area contributed by atoms with E-state index in [1.807, 2.05) is 48.2 Å². The third-order valence-corrected chi connectivity index (χ3v) is 7.04. The standard InChI is InChI=1S/C25H27F5N6OS2/c1-18-16-36(17-34-18)22-6-3-19(20(13-22)15-35-38-2)14-24-25(33-11-12-37-24)32-10-9-31-21-4-7-23(8-5-21)39(26,27,28,29)30/h3-8,13-17,31H,9-12H2,1-2H3,(H,32,33)/b24-14-,35-15-. The summed E-state index contributed by atoms with van der Waals surface area (Å²) in [5, 5.41) is 6.07. The number of ether oxygens (including phenoxy) is 1. The second-order valence-electron chi connectivity index (χ2n) is 8.59.